The van der Waals surface area contributed by atoms with Crippen LogP contribution in [0.5, 0.6) is 5.75 Å². The maximum Gasteiger partial charge on any atom is 0.225 e. The summed E-state index contributed by atoms with van der Waals surface area (Å²) in [6.07, 6.45) is 3.71. The molecule has 1 fully saturated rings. The van der Waals surface area contributed by atoms with Crippen molar-refractivity contribution in [3.05, 3.63) is 54.1 Å². The number of methoxy groups -OCH3 is 1. The molecule has 31 heavy (non-hydrogen) atoms. The van der Waals surface area contributed by atoms with Crippen molar-refractivity contribution >= 4 is 29.3 Å². The minimum Gasteiger partial charge on any atom is -0.497 e. The monoisotopic (exact) mass is 441 g/mol. The van der Waals surface area contributed by atoms with Gasteiger partial charge in [0.2, 0.25) is 11.8 Å². The van der Waals surface area contributed by atoms with Gasteiger partial charge in [0.05, 0.1) is 12.8 Å². The molecule has 0 atom stereocenters. The van der Waals surface area contributed by atoms with Crippen LogP contribution < -0.4 is 10.1 Å². The highest BCUT2D eigenvalue weighted by atomic mass is 32.2. The molecule has 2 aromatic rings. The number of carbonyl (C=O) groups is 2. The third-order valence-electron chi connectivity index (χ3n) is 5.55. The van der Waals surface area contributed by atoms with Crippen molar-refractivity contribution in [2.45, 2.75) is 24.2 Å². The number of nitrogens with one attached hydrogen (secondary N) is 1. The number of rotatable bonds is 9. The zero-order chi connectivity index (χ0) is 22.1. The van der Waals surface area contributed by atoms with E-state index in [1.165, 1.54) is 0 Å². The first-order valence-corrected chi connectivity index (χ1v) is 11.9. The Morgan fingerprint density at radius 2 is 1.71 bits per heavy atom. The average molecular weight is 442 g/mol. The Labute approximate surface area is 188 Å². The molecule has 1 heterocycles. The molecule has 0 aliphatic carbocycles. The van der Waals surface area contributed by atoms with Crippen LogP contribution in [0.25, 0.3) is 0 Å². The van der Waals surface area contributed by atoms with Crippen LogP contribution >= 0.6 is 11.8 Å². The fourth-order valence-corrected chi connectivity index (χ4v) is 4.20. The number of thioether (sulfide) groups is 1. The molecule has 0 saturated carbocycles. The lowest BCUT2D eigenvalue weighted by Gasteiger charge is -2.34. The van der Waals surface area contributed by atoms with Gasteiger partial charge in [0.1, 0.15) is 5.75 Å². The number of hydrogen-bond acceptors (Lipinski definition) is 5. The average Bonchev–Trinajstić information content (AvgIpc) is 2.82. The van der Waals surface area contributed by atoms with E-state index in [1.54, 1.807) is 18.9 Å². The zero-order valence-electron chi connectivity index (χ0n) is 18.3. The molecule has 166 valence electrons. The van der Waals surface area contributed by atoms with Gasteiger partial charge in [-0.3, -0.25) is 14.5 Å². The van der Waals surface area contributed by atoms with E-state index in [2.05, 4.69) is 10.2 Å². The van der Waals surface area contributed by atoms with E-state index in [9.17, 15) is 9.59 Å². The van der Waals surface area contributed by atoms with Crippen LogP contribution in [0, 0.1) is 0 Å². The third kappa shape index (κ3) is 7.01. The maximum absolute atomic E-state index is 12.5. The molecule has 1 N–H and O–H groups in total. The predicted octanol–water partition coefficient (Wildman–Crippen LogP) is 3.52. The van der Waals surface area contributed by atoms with E-state index < -0.39 is 0 Å². The molecule has 1 aliphatic rings. The largest absolute Gasteiger partial charge is 0.497 e. The Balaban J connectivity index is 1.36. The SMILES string of the molecule is COc1ccc(CCC(=O)N2CCN(CCC(=O)Nc3ccccc3SC)CC2)cc1. The normalized spacial score (nSPS) is 14.3. The van der Waals surface area contributed by atoms with Crippen molar-refractivity contribution < 1.29 is 14.3 Å². The number of ether oxygens (including phenoxy) is 1. The van der Waals surface area contributed by atoms with Gasteiger partial charge in [-0.05, 0) is 42.5 Å². The summed E-state index contributed by atoms with van der Waals surface area (Å²) in [6, 6.07) is 15.7. The maximum atomic E-state index is 12.5. The van der Waals surface area contributed by atoms with Crippen LogP contribution in [0.15, 0.2) is 53.4 Å². The Hall–Kier alpha value is -2.51. The van der Waals surface area contributed by atoms with Crippen molar-refractivity contribution in [2.75, 3.05) is 51.4 Å². The molecule has 6 nitrogen and oxygen atoms in total. The molecule has 2 aromatic carbocycles. The van der Waals surface area contributed by atoms with Crippen LogP contribution in [0.2, 0.25) is 0 Å². The molecule has 0 aromatic heterocycles. The molecule has 7 heteroatoms. The molecule has 1 aliphatic heterocycles. The summed E-state index contributed by atoms with van der Waals surface area (Å²) < 4.78 is 5.17. The van der Waals surface area contributed by atoms with Crippen molar-refractivity contribution in [1.82, 2.24) is 9.80 Å². The Morgan fingerprint density at radius 3 is 2.39 bits per heavy atom. The first kappa shape index (κ1) is 23.2. The van der Waals surface area contributed by atoms with Gasteiger partial charge in [-0.15, -0.1) is 11.8 Å². The summed E-state index contributed by atoms with van der Waals surface area (Å²) in [5.41, 5.74) is 2.01. The van der Waals surface area contributed by atoms with Gasteiger partial charge in [-0.1, -0.05) is 24.3 Å². The Kier molecular flexibility index (Phi) is 8.79. The standard InChI is InChI=1S/C24H31N3O3S/c1-30-20-10-7-19(8-11-20)9-12-24(29)27-17-15-26(16-18-27)14-13-23(28)25-21-5-3-4-6-22(21)31-2/h3-8,10-11H,9,12-18H2,1-2H3,(H,25,28). The van der Waals surface area contributed by atoms with Gasteiger partial charge in [0, 0.05) is 50.5 Å². The van der Waals surface area contributed by atoms with Gasteiger partial charge < -0.3 is 15.0 Å². The van der Waals surface area contributed by atoms with Gasteiger partial charge in [0.15, 0.2) is 0 Å². The second kappa shape index (κ2) is 11.8. The topological polar surface area (TPSA) is 61.9 Å². The first-order valence-electron chi connectivity index (χ1n) is 10.6. The van der Waals surface area contributed by atoms with E-state index >= 15 is 0 Å². The number of benzene rings is 2. The lowest BCUT2D eigenvalue weighted by molar-refractivity contribution is -0.133. The van der Waals surface area contributed by atoms with Crippen LogP contribution in [0.4, 0.5) is 5.69 Å². The molecule has 0 spiro atoms. The predicted molar refractivity (Wildman–Crippen MR) is 126 cm³/mol. The lowest BCUT2D eigenvalue weighted by atomic mass is 10.1. The number of hydrogen-bond donors (Lipinski definition) is 1. The first-order chi connectivity index (χ1) is 15.1. The number of piperazine rings is 1. The van der Waals surface area contributed by atoms with Crippen LogP contribution in [0.1, 0.15) is 18.4 Å². The fraction of sp³-hybridized carbons (Fsp3) is 0.417. The van der Waals surface area contributed by atoms with E-state index in [-0.39, 0.29) is 11.8 Å². The fourth-order valence-electron chi connectivity index (χ4n) is 3.64. The molecule has 2 amide bonds. The van der Waals surface area contributed by atoms with E-state index in [0.29, 0.717) is 19.4 Å². The van der Waals surface area contributed by atoms with Crippen LogP contribution in [0.3, 0.4) is 0 Å². The number of para-hydroxylation sites is 1. The van der Waals surface area contributed by atoms with E-state index in [4.69, 9.17) is 4.74 Å². The molecule has 0 unspecified atom stereocenters. The Morgan fingerprint density at radius 1 is 1.00 bits per heavy atom. The summed E-state index contributed by atoms with van der Waals surface area (Å²) >= 11 is 1.62. The minimum atomic E-state index is 0.0273. The van der Waals surface area contributed by atoms with Crippen molar-refractivity contribution in [3.8, 4) is 5.75 Å². The highest BCUT2D eigenvalue weighted by Crippen LogP contribution is 2.24. The number of amides is 2. The van der Waals surface area contributed by atoms with Gasteiger partial charge in [-0.2, -0.15) is 0 Å². The highest BCUT2D eigenvalue weighted by molar-refractivity contribution is 7.98. The molecule has 1 saturated heterocycles. The van der Waals surface area contributed by atoms with E-state index in [0.717, 1.165) is 54.5 Å². The van der Waals surface area contributed by atoms with Crippen LogP contribution in [-0.4, -0.2) is 67.7 Å². The third-order valence-corrected chi connectivity index (χ3v) is 6.34. The Bertz CT molecular complexity index is 865. The molecular formula is C24H31N3O3S. The quantitative estimate of drug-likeness (QED) is 0.604. The number of aryl methyl sites for hydroxylation is 1. The van der Waals surface area contributed by atoms with Crippen molar-refractivity contribution in [1.29, 1.82) is 0 Å². The molecule has 0 bridgehead atoms. The van der Waals surface area contributed by atoms with E-state index in [1.807, 2.05) is 59.7 Å². The highest BCUT2D eigenvalue weighted by Gasteiger charge is 2.21. The van der Waals surface area contributed by atoms with Gasteiger partial charge in [-0.25, -0.2) is 0 Å². The van der Waals surface area contributed by atoms with Crippen molar-refractivity contribution in [2.24, 2.45) is 0 Å². The van der Waals surface area contributed by atoms with Gasteiger partial charge in [0.25, 0.3) is 0 Å². The summed E-state index contributed by atoms with van der Waals surface area (Å²) in [5, 5.41) is 3.01. The van der Waals surface area contributed by atoms with Crippen molar-refractivity contribution in [3.63, 3.8) is 0 Å². The lowest BCUT2D eigenvalue weighted by Crippen LogP contribution is -2.49. The number of carbonyl (C=O) groups excluding carboxylic acids is 2. The van der Waals surface area contributed by atoms with Crippen LogP contribution in [-0.2, 0) is 16.0 Å². The second-order valence-electron chi connectivity index (χ2n) is 7.57. The molecular weight excluding hydrogens is 410 g/mol. The molecule has 3 rings (SSSR count). The summed E-state index contributed by atoms with van der Waals surface area (Å²) in [5.74, 6) is 1.05. The van der Waals surface area contributed by atoms with Gasteiger partial charge >= 0.3 is 0 Å². The smallest absolute Gasteiger partial charge is 0.225 e. The second-order valence-corrected chi connectivity index (χ2v) is 8.42. The number of anilines is 1. The summed E-state index contributed by atoms with van der Waals surface area (Å²) in [6.45, 7) is 3.77. The summed E-state index contributed by atoms with van der Waals surface area (Å²) in [4.78, 5) is 30.1. The number of nitrogens with zero attached hydrogens (tertiary/aromatic N) is 2. The minimum absolute atomic E-state index is 0.0273. The summed E-state index contributed by atoms with van der Waals surface area (Å²) in [7, 11) is 1.65. The zero-order valence-corrected chi connectivity index (χ0v) is 19.1. The molecule has 0 radical (unpaired) electrons.